The molecule has 1 amide bonds. The normalized spacial score (nSPS) is 13.2. The van der Waals surface area contributed by atoms with Gasteiger partial charge in [-0.15, -0.1) is 0 Å². The van der Waals surface area contributed by atoms with Crippen LogP contribution in [0.2, 0.25) is 0 Å². The van der Waals surface area contributed by atoms with Gasteiger partial charge in [0.25, 0.3) is 0 Å². The van der Waals surface area contributed by atoms with Gasteiger partial charge in [0.05, 0.1) is 13.2 Å². The molecule has 0 saturated heterocycles. The van der Waals surface area contributed by atoms with Gasteiger partial charge in [-0.05, 0) is 49.1 Å². The van der Waals surface area contributed by atoms with Gasteiger partial charge in [-0.25, -0.2) is 8.42 Å². The summed E-state index contributed by atoms with van der Waals surface area (Å²) < 4.78 is 34.4. The summed E-state index contributed by atoms with van der Waals surface area (Å²) >= 11 is 0. The summed E-state index contributed by atoms with van der Waals surface area (Å²) in [5, 5.41) is 2.93. The zero-order valence-corrected chi connectivity index (χ0v) is 19.2. The Hall–Kier alpha value is -3.16. The molecule has 0 aliphatic carbocycles. The summed E-state index contributed by atoms with van der Waals surface area (Å²) in [4.78, 5) is 13.2. The SMILES string of the molecule is COc1ccc(C)cc1S(=O)(=O)N[C@H](Cc1ccccc1)C(=O)N[C@H](C)c1ccccc1. The molecule has 32 heavy (non-hydrogen) atoms. The van der Waals surface area contributed by atoms with Crippen molar-refractivity contribution in [2.45, 2.75) is 37.2 Å². The lowest BCUT2D eigenvalue weighted by atomic mass is 10.0. The number of rotatable bonds is 9. The molecule has 0 unspecified atom stereocenters. The fraction of sp³-hybridized carbons (Fsp3) is 0.240. The predicted molar refractivity (Wildman–Crippen MR) is 125 cm³/mol. The van der Waals surface area contributed by atoms with Gasteiger partial charge in [-0.3, -0.25) is 4.79 Å². The van der Waals surface area contributed by atoms with Crippen LogP contribution in [0.4, 0.5) is 0 Å². The number of carbonyl (C=O) groups excluding carboxylic acids is 1. The highest BCUT2D eigenvalue weighted by Crippen LogP contribution is 2.25. The van der Waals surface area contributed by atoms with E-state index < -0.39 is 22.0 Å². The van der Waals surface area contributed by atoms with Crippen LogP contribution in [0, 0.1) is 6.92 Å². The van der Waals surface area contributed by atoms with Crippen molar-refractivity contribution in [3.8, 4) is 5.75 Å². The molecule has 0 aliphatic rings. The maximum Gasteiger partial charge on any atom is 0.244 e. The van der Waals surface area contributed by atoms with E-state index in [4.69, 9.17) is 4.74 Å². The van der Waals surface area contributed by atoms with E-state index in [9.17, 15) is 13.2 Å². The Bertz CT molecular complexity index is 1150. The van der Waals surface area contributed by atoms with E-state index in [1.54, 1.807) is 19.1 Å². The third-order valence-electron chi connectivity index (χ3n) is 5.16. The van der Waals surface area contributed by atoms with Crippen molar-refractivity contribution in [3.63, 3.8) is 0 Å². The summed E-state index contributed by atoms with van der Waals surface area (Å²) in [7, 11) is -2.61. The third-order valence-corrected chi connectivity index (χ3v) is 6.66. The second-order valence-corrected chi connectivity index (χ2v) is 9.34. The molecule has 0 saturated carbocycles. The van der Waals surface area contributed by atoms with Gasteiger partial charge in [0.1, 0.15) is 16.7 Å². The Labute approximate surface area is 189 Å². The highest BCUT2D eigenvalue weighted by atomic mass is 32.2. The van der Waals surface area contributed by atoms with Crippen LogP contribution in [0.5, 0.6) is 5.75 Å². The van der Waals surface area contributed by atoms with Gasteiger partial charge in [-0.2, -0.15) is 4.72 Å². The Morgan fingerprint density at radius 2 is 1.59 bits per heavy atom. The summed E-state index contributed by atoms with van der Waals surface area (Å²) in [5.74, 6) is -0.181. The fourth-order valence-corrected chi connectivity index (χ4v) is 4.87. The smallest absolute Gasteiger partial charge is 0.244 e. The van der Waals surface area contributed by atoms with E-state index in [1.807, 2.05) is 67.6 Å². The molecule has 0 heterocycles. The second kappa shape index (κ2) is 10.4. The number of hydrogen-bond acceptors (Lipinski definition) is 4. The largest absolute Gasteiger partial charge is 0.495 e. The molecule has 3 rings (SSSR count). The summed E-state index contributed by atoms with van der Waals surface area (Å²) in [5.41, 5.74) is 2.55. The number of nitrogens with one attached hydrogen (secondary N) is 2. The fourth-order valence-electron chi connectivity index (χ4n) is 3.42. The van der Waals surface area contributed by atoms with Gasteiger partial charge < -0.3 is 10.1 Å². The molecule has 0 aromatic heterocycles. The minimum Gasteiger partial charge on any atom is -0.495 e. The summed E-state index contributed by atoms with van der Waals surface area (Å²) in [6.07, 6.45) is 0.210. The number of aryl methyl sites for hydroxylation is 1. The number of ether oxygens (including phenoxy) is 1. The van der Waals surface area contributed by atoms with Crippen LogP contribution >= 0.6 is 0 Å². The number of hydrogen-bond donors (Lipinski definition) is 2. The van der Waals surface area contributed by atoms with Crippen molar-refractivity contribution in [2.75, 3.05) is 7.11 Å². The molecule has 3 aromatic rings. The van der Waals surface area contributed by atoms with Gasteiger partial charge in [0.2, 0.25) is 15.9 Å². The highest BCUT2D eigenvalue weighted by molar-refractivity contribution is 7.89. The Balaban J connectivity index is 1.89. The Morgan fingerprint density at radius 1 is 0.969 bits per heavy atom. The van der Waals surface area contributed by atoms with Gasteiger partial charge in [0.15, 0.2) is 0 Å². The number of methoxy groups -OCH3 is 1. The molecule has 0 spiro atoms. The van der Waals surface area contributed by atoms with E-state index in [-0.39, 0.29) is 23.1 Å². The van der Waals surface area contributed by atoms with Crippen molar-refractivity contribution >= 4 is 15.9 Å². The van der Waals surface area contributed by atoms with Crippen molar-refractivity contribution in [1.29, 1.82) is 0 Å². The van der Waals surface area contributed by atoms with Crippen LogP contribution in [0.1, 0.15) is 29.7 Å². The number of amides is 1. The van der Waals surface area contributed by atoms with Crippen LogP contribution in [0.15, 0.2) is 83.8 Å². The van der Waals surface area contributed by atoms with E-state index >= 15 is 0 Å². The summed E-state index contributed by atoms with van der Waals surface area (Å²) in [6.45, 7) is 3.67. The topological polar surface area (TPSA) is 84.5 Å². The van der Waals surface area contributed by atoms with Crippen LogP contribution in [0.3, 0.4) is 0 Å². The predicted octanol–water partition coefficient (Wildman–Crippen LogP) is 3.77. The lowest BCUT2D eigenvalue weighted by Crippen LogP contribution is -2.48. The minimum absolute atomic E-state index is 0.00182. The van der Waals surface area contributed by atoms with Gasteiger partial charge in [0, 0.05) is 0 Å². The number of carbonyl (C=O) groups is 1. The zero-order valence-electron chi connectivity index (χ0n) is 18.4. The quantitative estimate of drug-likeness (QED) is 0.518. The molecular formula is C25H28N2O4S. The van der Waals surface area contributed by atoms with Gasteiger partial charge >= 0.3 is 0 Å². The zero-order chi connectivity index (χ0) is 23.1. The molecule has 7 heteroatoms. The van der Waals surface area contributed by atoms with Gasteiger partial charge in [-0.1, -0.05) is 66.7 Å². The number of sulfonamides is 1. The molecule has 0 fully saturated rings. The van der Waals surface area contributed by atoms with E-state index in [1.165, 1.54) is 13.2 Å². The van der Waals surface area contributed by atoms with E-state index in [0.29, 0.717) is 0 Å². The van der Waals surface area contributed by atoms with Crippen molar-refractivity contribution in [1.82, 2.24) is 10.0 Å². The van der Waals surface area contributed by atoms with E-state index in [2.05, 4.69) is 10.0 Å². The first-order valence-corrected chi connectivity index (χ1v) is 11.8. The first-order chi connectivity index (χ1) is 15.3. The molecule has 168 valence electrons. The first-order valence-electron chi connectivity index (χ1n) is 10.4. The molecular weight excluding hydrogens is 424 g/mol. The molecule has 0 bridgehead atoms. The lowest BCUT2D eigenvalue weighted by Gasteiger charge is -2.22. The standard InChI is InChI=1S/C25H28N2O4S/c1-18-14-15-23(31-3)24(16-18)32(29,30)27-22(17-20-10-6-4-7-11-20)25(28)26-19(2)21-12-8-5-9-13-21/h4-16,19,22,27H,17H2,1-3H3,(H,26,28)/t19-,22-/m1/s1. The lowest BCUT2D eigenvalue weighted by molar-refractivity contribution is -0.123. The molecule has 2 N–H and O–H groups in total. The van der Waals surface area contributed by atoms with E-state index in [0.717, 1.165) is 16.7 Å². The highest BCUT2D eigenvalue weighted by Gasteiger charge is 2.29. The molecule has 0 aliphatic heterocycles. The minimum atomic E-state index is -4.03. The monoisotopic (exact) mass is 452 g/mol. The van der Waals surface area contributed by atoms with Crippen LogP contribution in [0.25, 0.3) is 0 Å². The van der Waals surface area contributed by atoms with Crippen molar-refractivity contribution in [2.24, 2.45) is 0 Å². The molecule has 0 radical (unpaired) electrons. The van der Waals surface area contributed by atoms with Crippen molar-refractivity contribution < 1.29 is 17.9 Å². The molecule has 6 nitrogen and oxygen atoms in total. The molecule has 3 aromatic carbocycles. The second-order valence-electron chi connectivity index (χ2n) is 7.66. The maximum atomic E-state index is 13.3. The van der Waals surface area contributed by atoms with Crippen LogP contribution in [-0.4, -0.2) is 27.5 Å². The van der Waals surface area contributed by atoms with Crippen LogP contribution < -0.4 is 14.8 Å². The van der Waals surface area contributed by atoms with Crippen molar-refractivity contribution in [3.05, 3.63) is 95.6 Å². The Kier molecular flexibility index (Phi) is 7.66. The average molecular weight is 453 g/mol. The average Bonchev–Trinajstić information content (AvgIpc) is 2.79. The van der Waals surface area contributed by atoms with Crippen LogP contribution in [-0.2, 0) is 21.2 Å². The summed E-state index contributed by atoms with van der Waals surface area (Å²) in [6, 6.07) is 22.5. The third kappa shape index (κ3) is 5.96. The first kappa shape index (κ1) is 23.5. The number of benzene rings is 3. The molecule has 2 atom stereocenters. The Morgan fingerprint density at radius 3 is 2.22 bits per heavy atom. The maximum absolute atomic E-state index is 13.3.